The summed E-state index contributed by atoms with van der Waals surface area (Å²) >= 11 is 5.77. The standard InChI is InChI=1S/C13H15ClO3/c14-11-5-3-10(4-6-11)12(13(15)16)8-17-7-9-1-2-9/h3-6,9,12H,1-2,7-8H2,(H,15,16). The number of aliphatic carboxylic acids is 1. The minimum absolute atomic E-state index is 0.230. The van der Waals surface area contributed by atoms with Crippen LogP contribution in [0.3, 0.4) is 0 Å². The van der Waals surface area contributed by atoms with Gasteiger partial charge in [-0.1, -0.05) is 23.7 Å². The van der Waals surface area contributed by atoms with Gasteiger partial charge in [0, 0.05) is 11.6 Å². The van der Waals surface area contributed by atoms with Gasteiger partial charge in [0.25, 0.3) is 0 Å². The number of hydrogen-bond acceptors (Lipinski definition) is 2. The molecule has 1 aromatic rings. The first kappa shape index (κ1) is 12.4. The van der Waals surface area contributed by atoms with Crippen molar-refractivity contribution in [3.05, 3.63) is 34.9 Å². The minimum Gasteiger partial charge on any atom is -0.481 e. The molecule has 0 amide bonds. The Morgan fingerprint density at radius 2 is 2.06 bits per heavy atom. The van der Waals surface area contributed by atoms with E-state index in [1.165, 1.54) is 12.8 Å². The summed E-state index contributed by atoms with van der Waals surface area (Å²) in [6, 6.07) is 6.88. The zero-order chi connectivity index (χ0) is 12.3. The Morgan fingerprint density at radius 3 is 2.59 bits per heavy atom. The van der Waals surface area contributed by atoms with Crippen LogP contribution in [0.25, 0.3) is 0 Å². The molecule has 92 valence electrons. The van der Waals surface area contributed by atoms with E-state index in [-0.39, 0.29) is 6.61 Å². The average molecular weight is 255 g/mol. The molecule has 1 aliphatic rings. The molecule has 1 N–H and O–H groups in total. The van der Waals surface area contributed by atoms with Crippen LogP contribution in [-0.2, 0) is 9.53 Å². The fourth-order valence-corrected chi connectivity index (χ4v) is 1.77. The average Bonchev–Trinajstić information content (AvgIpc) is 3.09. The molecule has 0 radical (unpaired) electrons. The molecule has 1 fully saturated rings. The Labute approximate surface area is 105 Å². The van der Waals surface area contributed by atoms with E-state index in [0.29, 0.717) is 17.5 Å². The third-order valence-electron chi connectivity index (χ3n) is 2.91. The lowest BCUT2D eigenvalue weighted by Crippen LogP contribution is -2.18. The summed E-state index contributed by atoms with van der Waals surface area (Å²) < 4.78 is 5.45. The van der Waals surface area contributed by atoms with E-state index in [4.69, 9.17) is 21.4 Å². The Morgan fingerprint density at radius 1 is 1.41 bits per heavy atom. The highest BCUT2D eigenvalue weighted by Crippen LogP contribution is 2.29. The molecule has 0 spiro atoms. The highest BCUT2D eigenvalue weighted by molar-refractivity contribution is 6.30. The molecule has 1 unspecified atom stereocenters. The maximum absolute atomic E-state index is 11.2. The molecule has 1 aliphatic carbocycles. The van der Waals surface area contributed by atoms with Crippen LogP contribution in [0.15, 0.2) is 24.3 Å². The van der Waals surface area contributed by atoms with Crippen molar-refractivity contribution in [3.8, 4) is 0 Å². The molecule has 1 aromatic carbocycles. The van der Waals surface area contributed by atoms with Gasteiger partial charge < -0.3 is 9.84 Å². The van der Waals surface area contributed by atoms with Crippen molar-refractivity contribution in [3.63, 3.8) is 0 Å². The quantitative estimate of drug-likeness (QED) is 0.849. The third kappa shape index (κ3) is 3.72. The molecule has 3 nitrogen and oxygen atoms in total. The SMILES string of the molecule is O=C(O)C(COCC1CC1)c1ccc(Cl)cc1. The second kappa shape index (κ2) is 5.52. The van der Waals surface area contributed by atoms with Crippen molar-refractivity contribution in [1.29, 1.82) is 0 Å². The van der Waals surface area contributed by atoms with Gasteiger partial charge in [0.05, 0.1) is 6.61 Å². The summed E-state index contributed by atoms with van der Waals surface area (Å²) in [5.74, 6) is -0.816. The summed E-state index contributed by atoms with van der Waals surface area (Å²) in [5, 5.41) is 9.77. The molecule has 0 aliphatic heterocycles. The van der Waals surface area contributed by atoms with E-state index >= 15 is 0 Å². The summed E-state index contributed by atoms with van der Waals surface area (Å²) in [4.78, 5) is 11.2. The predicted octanol–water partition coefficient (Wildman–Crippen LogP) is 2.93. The Hall–Kier alpha value is -1.06. The largest absolute Gasteiger partial charge is 0.481 e. The zero-order valence-electron chi connectivity index (χ0n) is 9.43. The molecular weight excluding hydrogens is 240 g/mol. The number of carbonyl (C=O) groups is 1. The van der Waals surface area contributed by atoms with E-state index in [1.807, 2.05) is 0 Å². The molecule has 0 saturated heterocycles. The van der Waals surface area contributed by atoms with Gasteiger partial charge >= 0.3 is 5.97 Å². The van der Waals surface area contributed by atoms with Gasteiger partial charge in [-0.2, -0.15) is 0 Å². The lowest BCUT2D eigenvalue weighted by molar-refractivity contribution is -0.140. The number of carboxylic acid groups (broad SMARTS) is 1. The fraction of sp³-hybridized carbons (Fsp3) is 0.462. The van der Waals surface area contributed by atoms with E-state index in [2.05, 4.69) is 0 Å². The highest BCUT2D eigenvalue weighted by Gasteiger charge is 2.24. The van der Waals surface area contributed by atoms with E-state index < -0.39 is 11.9 Å². The van der Waals surface area contributed by atoms with Crippen molar-refractivity contribution in [2.45, 2.75) is 18.8 Å². The number of hydrogen-bond donors (Lipinski definition) is 1. The Kier molecular flexibility index (Phi) is 4.02. The van der Waals surface area contributed by atoms with Gasteiger partial charge in [0.2, 0.25) is 0 Å². The smallest absolute Gasteiger partial charge is 0.313 e. The van der Waals surface area contributed by atoms with Crippen LogP contribution in [-0.4, -0.2) is 24.3 Å². The van der Waals surface area contributed by atoms with Gasteiger partial charge in [-0.15, -0.1) is 0 Å². The van der Waals surface area contributed by atoms with Gasteiger partial charge in [0.1, 0.15) is 5.92 Å². The van der Waals surface area contributed by atoms with Crippen molar-refractivity contribution in [2.75, 3.05) is 13.2 Å². The molecule has 4 heteroatoms. The van der Waals surface area contributed by atoms with Crippen LogP contribution in [0.1, 0.15) is 24.3 Å². The Balaban J connectivity index is 1.95. The van der Waals surface area contributed by atoms with Crippen LogP contribution in [0, 0.1) is 5.92 Å². The normalized spacial score (nSPS) is 16.8. The molecule has 1 saturated carbocycles. The first-order valence-corrected chi connectivity index (χ1v) is 6.10. The van der Waals surface area contributed by atoms with Crippen molar-refractivity contribution >= 4 is 17.6 Å². The monoisotopic (exact) mass is 254 g/mol. The molecule has 2 rings (SSSR count). The molecule has 1 atom stereocenters. The van der Waals surface area contributed by atoms with Crippen LogP contribution in [0.2, 0.25) is 5.02 Å². The van der Waals surface area contributed by atoms with Gasteiger partial charge in [-0.25, -0.2) is 0 Å². The highest BCUT2D eigenvalue weighted by atomic mass is 35.5. The number of carboxylic acids is 1. The molecule has 0 bridgehead atoms. The maximum atomic E-state index is 11.2. The molecule has 0 heterocycles. The lowest BCUT2D eigenvalue weighted by Gasteiger charge is -2.13. The minimum atomic E-state index is -0.858. The van der Waals surface area contributed by atoms with Crippen LogP contribution in [0.5, 0.6) is 0 Å². The third-order valence-corrected chi connectivity index (χ3v) is 3.16. The topological polar surface area (TPSA) is 46.5 Å². The zero-order valence-corrected chi connectivity index (χ0v) is 10.2. The lowest BCUT2D eigenvalue weighted by atomic mass is 10.0. The summed E-state index contributed by atoms with van der Waals surface area (Å²) in [7, 11) is 0. The summed E-state index contributed by atoms with van der Waals surface area (Å²) in [6.07, 6.45) is 2.41. The van der Waals surface area contributed by atoms with E-state index in [1.54, 1.807) is 24.3 Å². The van der Waals surface area contributed by atoms with Crippen LogP contribution >= 0.6 is 11.6 Å². The van der Waals surface area contributed by atoms with Crippen LogP contribution < -0.4 is 0 Å². The molecule has 17 heavy (non-hydrogen) atoms. The van der Waals surface area contributed by atoms with Gasteiger partial charge in [-0.3, -0.25) is 4.79 Å². The van der Waals surface area contributed by atoms with E-state index in [9.17, 15) is 4.79 Å². The first-order valence-electron chi connectivity index (χ1n) is 5.73. The van der Waals surface area contributed by atoms with Crippen molar-refractivity contribution in [2.24, 2.45) is 5.92 Å². The van der Waals surface area contributed by atoms with Crippen molar-refractivity contribution in [1.82, 2.24) is 0 Å². The maximum Gasteiger partial charge on any atom is 0.313 e. The predicted molar refractivity (Wildman–Crippen MR) is 65.4 cm³/mol. The number of ether oxygens (including phenoxy) is 1. The Bertz CT molecular complexity index is 384. The fourth-order valence-electron chi connectivity index (χ4n) is 1.64. The molecule has 0 aromatic heterocycles. The van der Waals surface area contributed by atoms with Crippen molar-refractivity contribution < 1.29 is 14.6 Å². The second-order valence-corrected chi connectivity index (χ2v) is 4.86. The number of benzene rings is 1. The van der Waals surface area contributed by atoms with Gasteiger partial charge in [0.15, 0.2) is 0 Å². The first-order chi connectivity index (χ1) is 8.16. The number of rotatable bonds is 6. The van der Waals surface area contributed by atoms with Crippen LogP contribution in [0.4, 0.5) is 0 Å². The van der Waals surface area contributed by atoms with E-state index in [0.717, 1.165) is 5.56 Å². The summed E-state index contributed by atoms with van der Waals surface area (Å²) in [6.45, 7) is 0.908. The summed E-state index contributed by atoms with van der Waals surface area (Å²) in [5.41, 5.74) is 0.734. The van der Waals surface area contributed by atoms with Gasteiger partial charge in [-0.05, 0) is 36.5 Å². The second-order valence-electron chi connectivity index (χ2n) is 4.42. The number of halogens is 1. The molecular formula is C13H15ClO3.